The van der Waals surface area contributed by atoms with Crippen LogP contribution in [-0.2, 0) is 11.3 Å². The van der Waals surface area contributed by atoms with Crippen molar-refractivity contribution in [3.8, 4) is 0 Å². The maximum Gasteiger partial charge on any atom is 0.354 e. The number of nitrogens with zero attached hydrogens (tertiary/aromatic N) is 1. The number of pyridine rings is 1. The number of amides is 1. The molecule has 16 heavy (non-hydrogen) atoms. The largest absolute Gasteiger partial charge is 0.477 e. The molecule has 0 spiro atoms. The van der Waals surface area contributed by atoms with Gasteiger partial charge in [0.05, 0.1) is 0 Å². The van der Waals surface area contributed by atoms with E-state index in [2.05, 4.69) is 10.3 Å². The summed E-state index contributed by atoms with van der Waals surface area (Å²) in [5, 5.41) is 11.4. The van der Waals surface area contributed by atoms with E-state index in [1.807, 2.05) is 0 Å². The van der Waals surface area contributed by atoms with Gasteiger partial charge in [0, 0.05) is 18.7 Å². The molecule has 5 heteroatoms. The van der Waals surface area contributed by atoms with Gasteiger partial charge in [0.1, 0.15) is 5.69 Å². The van der Waals surface area contributed by atoms with Crippen molar-refractivity contribution in [3.05, 3.63) is 29.6 Å². The Labute approximate surface area is 93.5 Å². The van der Waals surface area contributed by atoms with Gasteiger partial charge in [-0.05, 0) is 17.7 Å². The van der Waals surface area contributed by atoms with Crippen molar-refractivity contribution in [2.75, 3.05) is 0 Å². The van der Waals surface area contributed by atoms with E-state index >= 15 is 0 Å². The lowest BCUT2D eigenvalue weighted by molar-refractivity contribution is -0.124. The zero-order valence-corrected chi connectivity index (χ0v) is 9.23. The number of carboxylic acids is 1. The Morgan fingerprint density at radius 2 is 2.19 bits per heavy atom. The van der Waals surface area contributed by atoms with Crippen LogP contribution in [0.4, 0.5) is 0 Å². The van der Waals surface area contributed by atoms with Crippen molar-refractivity contribution in [2.45, 2.75) is 20.4 Å². The van der Waals surface area contributed by atoms with E-state index in [0.29, 0.717) is 6.54 Å². The first kappa shape index (κ1) is 12.2. The second-order valence-electron chi connectivity index (χ2n) is 3.73. The third-order valence-electron chi connectivity index (χ3n) is 2.03. The van der Waals surface area contributed by atoms with E-state index < -0.39 is 5.97 Å². The molecule has 1 amide bonds. The molecule has 1 rings (SSSR count). The number of nitrogens with one attached hydrogen (secondary N) is 1. The standard InChI is InChI=1S/C11H14N2O3/c1-7(2)10(14)13-6-8-3-4-12-9(5-8)11(15)16/h3-5,7H,6H2,1-2H3,(H,13,14)(H,15,16). The third kappa shape index (κ3) is 3.34. The Hall–Kier alpha value is -1.91. The van der Waals surface area contributed by atoms with E-state index in [-0.39, 0.29) is 17.5 Å². The maximum absolute atomic E-state index is 11.3. The molecule has 0 unspecified atom stereocenters. The lowest BCUT2D eigenvalue weighted by Gasteiger charge is -2.07. The third-order valence-corrected chi connectivity index (χ3v) is 2.03. The van der Waals surface area contributed by atoms with Gasteiger partial charge >= 0.3 is 5.97 Å². The second-order valence-corrected chi connectivity index (χ2v) is 3.73. The Kier molecular flexibility index (Phi) is 3.99. The molecule has 0 fully saturated rings. The van der Waals surface area contributed by atoms with Crippen LogP contribution < -0.4 is 5.32 Å². The summed E-state index contributed by atoms with van der Waals surface area (Å²) in [7, 11) is 0. The summed E-state index contributed by atoms with van der Waals surface area (Å²) in [6.07, 6.45) is 1.42. The predicted molar refractivity (Wildman–Crippen MR) is 57.9 cm³/mol. The van der Waals surface area contributed by atoms with Crippen molar-refractivity contribution >= 4 is 11.9 Å². The van der Waals surface area contributed by atoms with Crippen molar-refractivity contribution in [3.63, 3.8) is 0 Å². The van der Waals surface area contributed by atoms with Crippen LogP contribution in [0.2, 0.25) is 0 Å². The number of rotatable bonds is 4. The van der Waals surface area contributed by atoms with Gasteiger partial charge < -0.3 is 10.4 Å². The summed E-state index contributed by atoms with van der Waals surface area (Å²) in [5.74, 6) is -1.22. The maximum atomic E-state index is 11.3. The fraction of sp³-hybridized carbons (Fsp3) is 0.364. The molecule has 86 valence electrons. The van der Waals surface area contributed by atoms with Crippen LogP contribution in [-0.4, -0.2) is 22.0 Å². The number of hydrogen-bond acceptors (Lipinski definition) is 3. The predicted octanol–water partition coefficient (Wildman–Crippen LogP) is 1.05. The number of carbonyl (C=O) groups is 2. The second kappa shape index (κ2) is 5.25. The molecule has 0 aliphatic rings. The average molecular weight is 222 g/mol. The molecule has 1 aromatic heterocycles. The summed E-state index contributed by atoms with van der Waals surface area (Å²) >= 11 is 0. The molecular formula is C11H14N2O3. The monoisotopic (exact) mass is 222 g/mol. The zero-order chi connectivity index (χ0) is 12.1. The molecular weight excluding hydrogens is 208 g/mol. The number of carboxylic acid groups (broad SMARTS) is 1. The van der Waals surface area contributed by atoms with Crippen LogP contribution in [0.5, 0.6) is 0 Å². The Balaban J connectivity index is 2.64. The SMILES string of the molecule is CC(C)C(=O)NCc1ccnc(C(=O)O)c1. The lowest BCUT2D eigenvalue weighted by atomic mass is 10.2. The minimum absolute atomic E-state index is 0.0173. The minimum atomic E-state index is -1.07. The summed E-state index contributed by atoms with van der Waals surface area (Å²) < 4.78 is 0. The molecule has 2 N–H and O–H groups in total. The smallest absolute Gasteiger partial charge is 0.354 e. The molecule has 0 bridgehead atoms. The molecule has 1 aromatic rings. The van der Waals surface area contributed by atoms with E-state index in [4.69, 9.17) is 5.11 Å². The Bertz CT molecular complexity index is 402. The van der Waals surface area contributed by atoms with Crippen LogP contribution in [0.1, 0.15) is 29.9 Å². The number of aromatic carboxylic acids is 1. The average Bonchev–Trinajstić information content (AvgIpc) is 2.26. The fourth-order valence-electron chi connectivity index (χ4n) is 1.09. The van der Waals surface area contributed by atoms with Gasteiger partial charge in [-0.2, -0.15) is 0 Å². The molecule has 1 heterocycles. The highest BCUT2D eigenvalue weighted by molar-refractivity contribution is 5.85. The fourth-order valence-corrected chi connectivity index (χ4v) is 1.09. The zero-order valence-electron chi connectivity index (χ0n) is 9.23. The van der Waals surface area contributed by atoms with Crippen LogP contribution in [0, 0.1) is 5.92 Å². The molecule has 0 saturated carbocycles. The van der Waals surface area contributed by atoms with Gasteiger partial charge in [0.25, 0.3) is 0 Å². The molecule has 5 nitrogen and oxygen atoms in total. The first-order valence-corrected chi connectivity index (χ1v) is 4.96. The van der Waals surface area contributed by atoms with Gasteiger partial charge in [-0.25, -0.2) is 9.78 Å². The quantitative estimate of drug-likeness (QED) is 0.798. The Morgan fingerprint density at radius 3 is 2.75 bits per heavy atom. The summed E-state index contributed by atoms with van der Waals surface area (Å²) in [5.41, 5.74) is 0.706. The normalized spacial score (nSPS) is 10.2. The summed E-state index contributed by atoms with van der Waals surface area (Å²) in [6.45, 7) is 3.91. The van der Waals surface area contributed by atoms with Gasteiger partial charge in [-0.1, -0.05) is 13.8 Å². The lowest BCUT2D eigenvalue weighted by Crippen LogP contribution is -2.27. The first-order chi connectivity index (χ1) is 7.50. The van der Waals surface area contributed by atoms with Gasteiger partial charge in [-0.3, -0.25) is 4.79 Å². The van der Waals surface area contributed by atoms with Crippen molar-refractivity contribution in [1.29, 1.82) is 0 Å². The van der Waals surface area contributed by atoms with E-state index in [1.54, 1.807) is 19.9 Å². The van der Waals surface area contributed by atoms with E-state index in [9.17, 15) is 9.59 Å². The van der Waals surface area contributed by atoms with Crippen LogP contribution >= 0.6 is 0 Å². The van der Waals surface area contributed by atoms with Gasteiger partial charge in [-0.15, -0.1) is 0 Å². The van der Waals surface area contributed by atoms with Gasteiger partial charge in [0.2, 0.25) is 5.91 Å². The highest BCUT2D eigenvalue weighted by Gasteiger charge is 2.08. The first-order valence-electron chi connectivity index (χ1n) is 4.96. The van der Waals surface area contributed by atoms with Gasteiger partial charge in [0.15, 0.2) is 0 Å². The molecule has 0 aliphatic heterocycles. The number of aromatic nitrogens is 1. The number of carbonyl (C=O) groups excluding carboxylic acids is 1. The molecule has 0 aromatic carbocycles. The van der Waals surface area contributed by atoms with Crippen molar-refractivity contribution < 1.29 is 14.7 Å². The van der Waals surface area contributed by atoms with Crippen molar-refractivity contribution in [2.24, 2.45) is 5.92 Å². The van der Waals surface area contributed by atoms with Crippen molar-refractivity contribution in [1.82, 2.24) is 10.3 Å². The van der Waals surface area contributed by atoms with Crippen LogP contribution in [0.15, 0.2) is 18.3 Å². The molecule has 0 saturated heterocycles. The summed E-state index contributed by atoms with van der Waals surface area (Å²) in [4.78, 5) is 25.6. The number of hydrogen-bond donors (Lipinski definition) is 2. The van der Waals surface area contributed by atoms with Crippen LogP contribution in [0.3, 0.4) is 0 Å². The summed E-state index contributed by atoms with van der Waals surface area (Å²) in [6, 6.07) is 3.12. The highest BCUT2D eigenvalue weighted by Crippen LogP contribution is 2.02. The Morgan fingerprint density at radius 1 is 1.50 bits per heavy atom. The van der Waals surface area contributed by atoms with E-state index in [0.717, 1.165) is 5.56 Å². The minimum Gasteiger partial charge on any atom is -0.477 e. The topological polar surface area (TPSA) is 79.3 Å². The molecule has 0 atom stereocenters. The van der Waals surface area contributed by atoms with E-state index in [1.165, 1.54) is 12.3 Å². The molecule has 0 aliphatic carbocycles. The highest BCUT2D eigenvalue weighted by atomic mass is 16.4. The molecule has 0 radical (unpaired) electrons. The van der Waals surface area contributed by atoms with Crippen LogP contribution in [0.25, 0.3) is 0 Å².